The molecule has 0 aliphatic heterocycles. The first-order valence-corrected chi connectivity index (χ1v) is 4.39. The zero-order chi connectivity index (χ0) is 12.8. The highest BCUT2D eigenvalue weighted by Gasteiger charge is 2.21. The van der Waals surface area contributed by atoms with Crippen molar-refractivity contribution >= 4 is 12.2 Å². The van der Waals surface area contributed by atoms with Crippen LogP contribution in [0.2, 0.25) is 0 Å². The molecule has 1 unspecified atom stereocenters. The van der Waals surface area contributed by atoms with Crippen molar-refractivity contribution in [1.29, 1.82) is 0 Å². The Labute approximate surface area is 94.9 Å². The van der Waals surface area contributed by atoms with Gasteiger partial charge in [-0.2, -0.15) is 0 Å². The Morgan fingerprint density at radius 3 is 2.82 bits per heavy atom. The van der Waals surface area contributed by atoms with E-state index in [2.05, 4.69) is 15.4 Å². The smallest absolute Gasteiger partial charge is 0.208 e. The fraction of sp³-hybridized carbons (Fsp3) is 0.125. The molecule has 1 atom stereocenters. The molecule has 92 valence electrons. The lowest BCUT2D eigenvalue weighted by atomic mass is 10.1. The molecular weight excluding hydrogens is 234 g/mol. The summed E-state index contributed by atoms with van der Waals surface area (Å²) in [5, 5.41) is 5.57. The van der Waals surface area contributed by atoms with Gasteiger partial charge in [0.15, 0.2) is 0 Å². The summed E-state index contributed by atoms with van der Waals surface area (Å²) in [5.41, 5.74) is 7.06. The monoisotopic (exact) mass is 244 g/mol. The summed E-state index contributed by atoms with van der Waals surface area (Å²) in [7, 11) is 0. The number of hydrogen-bond acceptors (Lipinski definition) is 5. The van der Waals surface area contributed by atoms with Crippen LogP contribution in [0.15, 0.2) is 17.4 Å². The van der Waals surface area contributed by atoms with Crippen LogP contribution < -0.4 is 22.4 Å². The molecule has 1 heterocycles. The maximum atomic E-state index is 13.4. The minimum Gasteiger partial charge on any atom is -0.384 e. The number of hydrazine groups is 1. The van der Waals surface area contributed by atoms with Crippen LogP contribution >= 0.6 is 0 Å². The third kappa shape index (κ3) is 3.08. The van der Waals surface area contributed by atoms with Gasteiger partial charge >= 0.3 is 0 Å². The Bertz CT molecular complexity index is 438. The van der Waals surface area contributed by atoms with E-state index >= 15 is 0 Å². The van der Waals surface area contributed by atoms with Crippen molar-refractivity contribution in [3.63, 3.8) is 0 Å². The van der Waals surface area contributed by atoms with Crippen LogP contribution in [0.3, 0.4) is 0 Å². The summed E-state index contributed by atoms with van der Waals surface area (Å²) in [5.74, 6) is 2.87. The molecule has 0 saturated heterocycles. The summed E-state index contributed by atoms with van der Waals surface area (Å²) >= 11 is 0. The number of carbonyl (C=O) groups excluding carboxylic acids is 1. The molecule has 0 aliphatic rings. The number of nitrogens with one attached hydrogen (secondary N) is 2. The van der Waals surface area contributed by atoms with Gasteiger partial charge in [-0.1, -0.05) is 0 Å². The average Bonchev–Trinajstić information content (AvgIpc) is 2.27. The van der Waals surface area contributed by atoms with Gasteiger partial charge in [-0.3, -0.25) is 9.78 Å². The molecule has 0 aliphatic carbocycles. The van der Waals surface area contributed by atoms with Crippen LogP contribution in [0.1, 0.15) is 11.7 Å². The van der Waals surface area contributed by atoms with Gasteiger partial charge in [-0.25, -0.2) is 20.2 Å². The standard InChI is InChI=1S/C8H10F2N6O/c9-4-1-5(10)6(13-2-4)7(14-3-17)8(11)15-16-12/h1-3,7,16H,12H2,(H2,11,15)(H,14,17). The van der Waals surface area contributed by atoms with Crippen molar-refractivity contribution in [1.82, 2.24) is 15.8 Å². The van der Waals surface area contributed by atoms with Crippen LogP contribution in [0.25, 0.3) is 0 Å². The van der Waals surface area contributed by atoms with Crippen molar-refractivity contribution in [2.24, 2.45) is 16.7 Å². The fourth-order valence-corrected chi connectivity index (χ4v) is 1.15. The molecule has 1 aromatic rings. The van der Waals surface area contributed by atoms with Crippen molar-refractivity contribution in [2.45, 2.75) is 6.04 Å². The number of rotatable bonds is 5. The Morgan fingerprint density at radius 2 is 2.29 bits per heavy atom. The van der Waals surface area contributed by atoms with Crippen LogP contribution in [0.5, 0.6) is 0 Å². The molecule has 7 nitrogen and oxygen atoms in total. The maximum absolute atomic E-state index is 13.4. The van der Waals surface area contributed by atoms with Gasteiger partial charge < -0.3 is 11.1 Å². The topological polar surface area (TPSA) is 118 Å². The number of pyridine rings is 1. The zero-order valence-electron chi connectivity index (χ0n) is 8.52. The molecular formula is C8H10F2N6O. The van der Waals surface area contributed by atoms with E-state index in [1.165, 1.54) is 0 Å². The van der Waals surface area contributed by atoms with Gasteiger partial charge in [0.1, 0.15) is 29.2 Å². The van der Waals surface area contributed by atoms with Crippen LogP contribution in [0.4, 0.5) is 8.78 Å². The quantitative estimate of drug-likeness (QED) is 0.172. The van der Waals surface area contributed by atoms with Crippen molar-refractivity contribution in [3.05, 3.63) is 29.6 Å². The number of amides is 1. The molecule has 9 heteroatoms. The second-order valence-corrected chi connectivity index (χ2v) is 2.90. The average molecular weight is 244 g/mol. The van der Waals surface area contributed by atoms with E-state index in [0.29, 0.717) is 6.07 Å². The largest absolute Gasteiger partial charge is 0.384 e. The second-order valence-electron chi connectivity index (χ2n) is 2.90. The number of hydrogen-bond donors (Lipinski definition) is 4. The Kier molecular flexibility index (Phi) is 4.29. The second kappa shape index (κ2) is 5.70. The van der Waals surface area contributed by atoms with Gasteiger partial charge in [0.2, 0.25) is 6.41 Å². The third-order valence-electron chi connectivity index (χ3n) is 1.83. The lowest BCUT2D eigenvalue weighted by Gasteiger charge is -2.15. The van der Waals surface area contributed by atoms with Gasteiger partial charge in [-0.15, -0.1) is 5.10 Å². The SMILES string of the molecule is NN/N=C(\N)C(NC=O)c1ncc(F)cc1F. The van der Waals surface area contributed by atoms with Crippen LogP contribution in [0, 0.1) is 11.6 Å². The number of amidine groups is 1. The highest BCUT2D eigenvalue weighted by Crippen LogP contribution is 2.14. The number of nitrogens with zero attached hydrogens (tertiary/aromatic N) is 2. The van der Waals surface area contributed by atoms with Gasteiger partial charge in [0.25, 0.3) is 0 Å². The summed E-state index contributed by atoms with van der Waals surface area (Å²) in [6, 6.07) is -0.519. The van der Waals surface area contributed by atoms with E-state index in [4.69, 9.17) is 11.6 Å². The summed E-state index contributed by atoms with van der Waals surface area (Å²) in [4.78, 5) is 13.9. The molecule has 0 fully saturated rings. The van der Waals surface area contributed by atoms with E-state index in [-0.39, 0.29) is 17.9 Å². The Hall–Kier alpha value is -2.29. The number of aromatic nitrogens is 1. The van der Waals surface area contributed by atoms with Crippen molar-refractivity contribution in [2.75, 3.05) is 0 Å². The first kappa shape index (κ1) is 12.8. The fourth-order valence-electron chi connectivity index (χ4n) is 1.15. The highest BCUT2D eigenvalue weighted by atomic mass is 19.1. The maximum Gasteiger partial charge on any atom is 0.208 e. The predicted molar refractivity (Wildman–Crippen MR) is 55.0 cm³/mol. The molecule has 0 spiro atoms. The Morgan fingerprint density at radius 1 is 1.59 bits per heavy atom. The molecule has 0 bridgehead atoms. The molecule has 0 radical (unpaired) electrons. The minimum absolute atomic E-state index is 0.224. The van der Waals surface area contributed by atoms with E-state index in [9.17, 15) is 13.6 Å². The zero-order valence-corrected chi connectivity index (χ0v) is 8.52. The molecule has 17 heavy (non-hydrogen) atoms. The Balaban J connectivity index is 3.13. The first-order chi connectivity index (χ1) is 8.10. The predicted octanol–water partition coefficient (Wildman–Crippen LogP) is -1.12. The lowest BCUT2D eigenvalue weighted by molar-refractivity contribution is -0.109. The third-order valence-corrected chi connectivity index (χ3v) is 1.83. The number of halogens is 2. The van der Waals surface area contributed by atoms with Crippen LogP contribution in [-0.4, -0.2) is 17.2 Å². The summed E-state index contributed by atoms with van der Waals surface area (Å²) < 4.78 is 26.1. The highest BCUT2D eigenvalue weighted by molar-refractivity contribution is 5.87. The normalized spacial score (nSPS) is 13.0. The number of nitrogens with two attached hydrogens (primary N) is 2. The van der Waals surface area contributed by atoms with E-state index < -0.39 is 17.7 Å². The summed E-state index contributed by atoms with van der Waals surface area (Å²) in [6.07, 6.45) is 1.08. The van der Waals surface area contributed by atoms with Crippen molar-refractivity contribution < 1.29 is 13.6 Å². The van der Waals surface area contributed by atoms with Crippen molar-refractivity contribution in [3.8, 4) is 0 Å². The van der Waals surface area contributed by atoms with E-state index in [0.717, 1.165) is 6.20 Å². The van der Waals surface area contributed by atoms with Gasteiger partial charge in [-0.05, 0) is 0 Å². The van der Waals surface area contributed by atoms with Gasteiger partial charge in [0.05, 0.1) is 6.20 Å². The van der Waals surface area contributed by atoms with Crippen LogP contribution in [-0.2, 0) is 4.79 Å². The first-order valence-electron chi connectivity index (χ1n) is 4.39. The molecule has 1 aromatic heterocycles. The number of carbonyl (C=O) groups is 1. The molecule has 6 N–H and O–H groups in total. The minimum atomic E-state index is -1.14. The molecule has 1 rings (SSSR count). The number of hydrazone groups is 1. The molecule has 0 aromatic carbocycles. The molecule has 0 saturated carbocycles. The summed E-state index contributed by atoms with van der Waals surface area (Å²) in [6.45, 7) is 0. The van der Waals surface area contributed by atoms with E-state index in [1.807, 2.05) is 5.53 Å². The van der Waals surface area contributed by atoms with E-state index in [1.54, 1.807) is 0 Å². The molecule has 1 amide bonds. The lowest BCUT2D eigenvalue weighted by Crippen LogP contribution is -2.36. The van der Waals surface area contributed by atoms with Gasteiger partial charge in [0, 0.05) is 6.07 Å².